The first-order valence-corrected chi connectivity index (χ1v) is 12.0. The quantitative estimate of drug-likeness (QED) is 0.412. The zero-order valence-corrected chi connectivity index (χ0v) is 19.2. The highest BCUT2D eigenvalue weighted by Crippen LogP contribution is 2.61. The number of carbonyl (C=O) groups is 2. The minimum absolute atomic E-state index is 0.0294. The summed E-state index contributed by atoms with van der Waals surface area (Å²) >= 11 is 1.31. The van der Waals surface area contributed by atoms with Gasteiger partial charge in [0, 0.05) is 17.2 Å². The molecule has 2 aromatic heterocycles. The number of carboxylic acids is 1. The Hall–Kier alpha value is -3.84. The predicted molar refractivity (Wildman–Crippen MR) is 130 cm³/mol. The molecule has 4 aromatic rings. The summed E-state index contributed by atoms with van der Waals surface area (Å²) < 4.78 is 0. The van der Waals surface area contributed by atoms with Gasteiger partial charge in [0.1, 0.15) is 11.4 Å². The van der Waals surface area contributed by atoms with Crippen LogP contribution in [0.5, 0.6) is 0 Å². The van der Waals surface area contributed by atoms with Gasteiger partial charge in [0.2, 0.25) is 5.91 Å². The third-order valence-electron chi connectivity index (χ3n) is 7.10. The number of amides is 1. The van der Waals surface area contributed by atoms with E-state index in [9.17, 15) is 14.7 Å². The smallest absolute Gasteiger partial charge is 0.354 e. The molecule has 2 N–H and O–H groups in total. The molecule has 0 fully saturated rings. The molecule has 2 heterocycles. The van der Waals surface area contributed by atoms with Gasteiger partial charge in [0.05, 0.1) is 11.1 Å². The molecular formula is C27H21N3O3S. The maximum absolute atomic E-state index is 13.8. The van der Waals surface area contributed by atoms with Crippen molar-refractivity contribution in [3.63, 3.8) is 0 Å². The standard InChI is InChI=1S/C27H21N3O3S/c1-27(13-19-15-7-2-4-9-17(15)23(27)18-10-5-3-8-16(18)19)25(33)30-26-29-22(14-34-26)20-11-6-12-21(28-20)24(31)32/h2-12,14,19,23H,13H2,1H3,(H,31,32)(H,29,30,33). The number of pyridine rings is 1. The van der Waals surface area contributed by atoms with Crippen molar-refractivity contribution in [1.29, 1.82) is 0 Å². The molecule has 0 saturated carbocycles. The second kappa shape index (κ2) is 7.60. The van der Waals surface area contributed by atoms with E-state index >= 15 is 0 Å². The largest absolute Gasteiger partial charge is 0.477 e. The Labute approximate surface area is 200 Å². The first-order chi connectivity index (χ1) is 16.5. The van der Waals surface area contributed by atoms with Crippen LogP contribution in [0.15, 0.2) is 72.1 Å². The zero-order valence-electron chi connectivity index (χ0n) is 18.4. The molecule has 0 saturated heterocycles. The molecule has 3 aliphatic carbocycles. The molecule has 0 spiro atoms. The molecular weight excluding hydrogens is 446 g/mol. The third-order valence-corrected chi connectivity index (χ3v) is 7.86. The lowest BCUT2D eigenvalue weighted by Gasteiger charge is -2.50. The molecule has 34 heavy (non-hydrogen) atoms. The van der Waals surface area contributed by atoms with E-state index in [2.05, 4.69) is 58.6 Å². The molecule has 0 radical (unpaired) electrons. The number of nitrogens with one attached hydrogen (secondary N) is 1. The molecule has 2 aromatic carbocycles. The van der Waals surface area contributed by atoms with Gasteiger partial charge in [-0.3, -0.25) is 4.79 Å². The van der Waals surface area contributed by atoms with Crippen LogP contribution in [0.4, 0.5) is 5.13 Å². The molecule has 6 nitrogen and oxygen atoms in total. The normalized spacial score (nSPS) is 22.0. The summed E-state index contributed by atoms with van der Waals surface area (Å²) in [6.07, 6.45) is 0.734. The molecule has 2 bridgehead atoms. The monoisotopic (exact) mass is 467 g/mol. The molecule has 1 amide bonds. The van der Waals surface area contributed by atoms with Crippen molar-refractivity contribution < 1.29 is 14.7 Å². The fourth-order valence-electron chi connectivity index (χ4n) is 5.57. The van der Waals surface area contributed by atoms with E-state index in [1.807, 2.05) is 12.1 Å². The van der Waals surface area contributed by atoms with Gasteiger partial charge < -0.3 is 10.4 Å². The van der Waals surface area contributed by atoms with E-state index in [-0.39, 0.29) is 23.4 Å². The Morgan fingerprint density at radius 1 is 0.912 bits per heavy atom. The minimum atomic E-state index is -1.09. The highest BCUT2D eigenvalue weighted by atomic mass is 32.1. The van der Waals surface area contributed by atoms with E-state index in [1.54, 1.807) is 17.5 Å². The number of aromatic nitrogens is 2. The lowest BCUT2D eigenvalue weighted by atomic mass is 9.52. The van der Waals surface area contributed by atoms with Crippen molar-refractivity contribution in [2.75, 3.05) is 5.32 Å². The fourth-order valence-corrected chi connectivity index (χ4v) is 6.27. The average molecular weight is 468 g/mol. The van der Waals surface area contributed by atoms with Crippen LogP contribution in [-0.2, 0) is 4.79 Å². The van der Waals surface area contributed by atoms with E-state index in [0.717, 1.165) is 6.42 Å². The van der Waals surface area contributed by atoms with Crippen molar-refractivity contribution in [2.24, 2.45) is 5.41 Å². The molecule has 0 aliphatic heterocycles. The number of carboxylic acid groups (broad SMARTS) is 1. The molecule has 7 heteroatoms. The number of thiazole rings is 1. The van der Waals surface area contributed by atoms with Crippen LogP contribution < -0.4 is 5.32 Å². The van der Waals surface area contributed by atoms with E-state index < -0.39 is 11.4 Å². The molecule has 168 valence electrons. The second-order valence-corrected chi connectivity index (χ2v) is 9.93. The predicted octanol–water partition coefficient (Wildman–Crippen LogP) is 5.53. The van der Waals surface area contributed by atoms with Crippen LogP contribution >= 0.6 is 11.3 Å². The van der Waals surface area contributed by atoms with Crippen molar-refractivity contribution in [1.82, 2.24) is 9.97 Å². The Balaban J connectivity index is 1.33. The van der Waals surface area contributed by atoms with Crippen molar-refractivity contribution in [2.45, 2.75) is 25.2 Å². The third kappa shape index (κ3) is 3.08. The summed E-state index contributed by atoms with van der Waals surface area (Å²) in [5.41, 5.74) is 5.42. The van der Waals surface area contributed by atoms with Crippen molar-refractivity contribution in [3.05, 3.63) is 100 Å². The molecule has 1 unspecified atom stereocenters. The maximum atomic E-state index is 13.8. The van der Waals surface area contributed by atoms with E-state index in [4.69, 9.17) is 0 Å². The summed E-state index contributed by atoms with van der Waals surface area (Å²) in [5, 5.41) is 14.5. The summed E-state index contributed by atoms with van der Waals surface area (Å²) in [4.78, 5) is 33.7. The number of carbonyl (C=O) groups excluding carboxylic acids is 1. The number of benzene rings is 2. The number of nitrogens with zero attached hydrogens (tertiary/aromatic N) is 2. The van der Waals surface area contributed by atoms with Crippen LogP contribution in [0.1, 0.15) is 57.9 Å². The summed E-state index contributed by atoms with van der Waals surface area (Å²) in [5.74, 6) is -0.993. The van der Waals surface area contributed by atoms with Crippen LogP contribution in [0.2, 0.25) is 0 Å². The Kier molecular flexibility index (Phi) is 4.64. The summed E-state index contributed by atoms with van der Waals surface area (Å²) in [6.45, 7) is 2.05. The molecule has 1 atom stereocenters. The number of anilines is 1. The van der Waals surface area contributed by atoms with Crippen molar-refractivity contribution in [3.8, 4) is 11.4 Å². The number of hydrogen-bond donors (Lipinski definition) is 2. The Morgan fingerprint density at radius 2 is 1.56 bits per heavy atom. The van der Waals surface area contributed by atoms with Crippen molar-refractivity contribution >= 4 is 28.3 Å². The van der Waals surface area contributed by atoms with Gasteiger partial charge in [-0.25, -0.2) is 14.8 Å². The van der Waals surface area contributed by atoms with Gasteiger partial charge in [-0.15, -0.1) is 11.3 Å². The fraction of sp³-hybridized carbons (Fsp3) is 0.185. The van der Waals surface area contributed by atoms with E-state index in [0.29, 0.717) is 16.5 Å². The topological polar surface area (TPSA) is 92.2 Å². The maximum Gasteiger partial charge on any atom is 0.354 e. The van der Waals surface area contributed by atoms with Gasteiger partial charge in [-0.1, -0.05) is 54.6 Å². The highest BCUT2D eigenvalue weighted by Gasteiger charge is 2.53. The van der Waals surface area contributed by atoms with Gasteiger partial charge in [-0.2, -0.15) is 0 Å². The first kappa shape index (κ1) is 20.7. The Morgan fingerprint density at radius 3 is 2.21 bits per heavy atom. The SMILES string of the molecule is CC1(C(=O)Nc2nc(-c3cccc(C(=O)O)n3)cs2)CC2c3ccccc3C1c1ccccc12. The highest BCUT2D eigenvalue weighted by molar-refractivity contribution is 7.14. The Bertz CT molecular complexity index is 1420. The number of rotatable bonds is 4. The zero-order chi connectivity index (χ0) is 23.4. The number of aromatic carboxylic acids is 1. The second-order valence-electron chi connectivity index (χ2n) is 9.07. The summed E-state index contributed by atoms with van der Waals surface area (Å²) in [7, 11) is 0. The lowest BCUT2D eigenvalue weighted by molar-refractivity contribution is -0.126. The van der Waals surface area contributed by atoms with Crippen LogP contribution in [-0.4, -0.2) is 27.0 Å². The number of hydrogen-bond acceptors (Lipinski definition) is 5. The van der Waals surface area contributed by atoms with Crippen LogP contribution in [0.25, 0.3) is 11.4 Å². The minimum Gasteiger partial charge on any atom is -0.477 e. The summed E-state index contributed by atoms with van der Waals surface area (Å²) in [6, 6.07) is 21.7. The lowest BCUT2D eigenvalue weighted by Crippen LogP contribution is -2.47. The molecule has 7 rings (SSSR count). The van der Waals surface area contributed by atoms with Gasteiger partial charge >= 0.3 is 5.97 Å². The van der Waals surface area contributed by atoms with Gasteiger partial charge in [0.25, 0.3) is 0 Å². The van der Waals surface area contributed by atoms with Gasteiger partial charge in [0.15, 0.2) is 5.13 Å². The number of fused-ring (bicyclic) bond motifs is 1. The van der Waals surface area contributed by atoms with Gasteiger partial charge in [-0.05, 0) is 47.7 Å². The average Bonchev–Trinajstić information content (AvgIpc) is 3.33. The first-order valence-electron chi connectivity index (χ1n) is 11.1. The molecule has 3 aliphatic rings. The van der Waals surface area contributed by atoms with Crippen LogP contribution in [0, 0.1) is 5.41 Å². The van der Waals surface area contributed by atoms with Crippen LogP contribution in [0.3, 0.4) is 0 Å². The van der Waals surface area contributed by atoms with E-state index in [1.165, 1.54) is 39.7 Å².